The SMILES string of the molecule is CC(C)CS(=O)(=O)c1nccc2cc[nH]c12. The molecule has 0 unspecified atom stereocenters. The van der Waals surface area contributed by atoms with Gasteiger partial charge in [-0.15, -0.1) is 0 Å². The molecule has 1 N–H and O–H groups in total. The molecule has 0 aromatic carbocycles. The topological polar surface area (TPSA) is 62.8 Å². The number of nitrogens with one attached hydrogen (secondary N) is 1. The Labute approximate surface area is 94.6 Å². The summed E-state index contributed by atoms with van der Waals surface area (Å²) in [6.07, 6.45) is 3.25. The summed E-state index contributed by atoms with van der Waals surface area (Å²) in [4.78, 5) is 6.91. The van der Waals surface area contributed by atoms with Crippen LogP contribution in [0.25, 0.3) is 10.9 Å². The van der Waals surface area contributed by atoms with Crippen LogP contribution >= 0.6 is 0 Å². The standard InChI is InChI=1S/C11H14N2O2S/c1-8(2)7-16(14,15)11-10-9(3-5-12-10)4-6-13-11/h3-6,8,12H,7H2,1-2H3. The number of pyridine rings is 1. The fourth-order valence-corrected chi connectivity index (χ4v) is 3.45. The molecular formula is C11H14N2O2S. The van der Waals surface area contributed by atoms with Crippen molar-refractivity contribution in [3.05, 3.63) is 24.5 Å². The fourth-order valence-electron chi connectivity index (χ4n) is 1.71. The molecule has 4 nitrogen and oxygen atoms in total. The van der Waals surface area contributed by atoms with Gasteiger partial charge in [-0.2, -0.15) is 0 Å². The number of aromatic nitrogens is 2. The minimum atomic E-state index is -3.30. The van der Waals surface area contributed by atoms with Crippen molar-refractivity contribution in [1.82, 2.24) is 9.97 Å². The van der Waals surface area contributed by atoms with E-state index in [9.17, 15) is 8.42 Å². The van der Waals surface area contributed by atoms with Gasteiger partial charge in [-0.25, -0.2) is 13.4 Å². The van der Waals surface area contributed by atoms with E-state index in [1.54, 1.807) is 12.3 Å². The maximum Gasteiger partial charge on any atom is 0.197 e. The van der Waals surface area contributed by atoms with Crippen LogP contribution in [0, 0.1) is 5.92 Å². The molecule has 2 aromatic rings. The maximum atomic E-state index is 12.1. The lowest BCUT2D eigenvalue weighted by atomic mass is 10.3. The number of fused-ring (bicyclic) bond motifs is 1. The molecule has 0 saturated heterocycles. The third-order valence-electron chi connectivity index (χ3n) is 2.29. The lowest BCUT2D eigenvalue weighted by Gasteiger charge is -2.06. The Kier molecular flexibility index (Phi) is 2.71. The molecule has 0 aliphatic heterocycles. The molecule has 2 heterocycles. The van der Waals surface area contributed by atoms with Crippen LogP contribution in [-0.4, -0.2) is 24.1 Å². The van der Waals surface area contributed by atoms with E-state index in [0.29, 0.717) is 5.52 Å². The van der Waals surface area contributed by atoms with E-state index in [0.717, 1.165) is 5.39 Å². The summed E-state index contributed by atoms with van der Waals surface area (Å²) in [5.74, 6) is 0.218. The van der Waals surface area contributed by atoms with E-state index in [1.165, 1.54) is 6.20 Å². The number of rotatable bonds is 3. The molecule has 0 bridgehead atoms. The summed E-state index contributed by atoms with van der Waals surface area (Å²) in [7, 11) is -3.30. The monoisotopic (exact) mass is 238 g/mol. The Bertz CT molecular complexity index is 599. The van der Waals surface area contributed by atoms with Gasteiger partial charge in [0, 0.05) is 17.8 Å². The van der Waals surface area contributed by atoms with E-state index in [4.69, 9.17) is 0 Å². The Morgan fingerprint density at radius 2 is 2.12 bits per heavy atom. The van der Waals surface area contributed by atoms with Crippen LogP contribution < -0.4 is 0 Å². The van der Waals surface area contributed by atoms with Crippen LogP contribution in [0.5, 0.6) is 0 Å². The number of H-pyrrole nitrogens is 1. The van der Waals surface area contributed by atoms with E-state index >= 15 is 0 Å². The predicted octanol–water partition coefficient (Wildman–Crippen LogP) is 1.99. The Morgan fingerprint density at radius 3 is 2.81 bits per heavy atom. The van der Waals surface area contributed by atoms with Crippen LogP contribution in [-0.2, 0) is 9.84 Å². The molecule has 0 spiro atoms. The van der Waals surface area contributed by atoms with Crippen molar-refractivity contribution < 1.29 is 8.42 Å². The summed E-state index contributed by atoms with van der Waals surface area (Å²) in [5.41, 5.74) is 0.600. The first-order valence-corrected chi connectivity index (χ1v) is 6.81. The van der Waals surface area contributed by atoms with Crippen LogP contribution in [0.15, 0.2) is 29.6 Å². The van der Waals surface area contributed by atoms with E-state index in [-0.39, 0.29) is 16.7 Å². The minimum absolute atomic E-state index is 0.0945. The Morgan fingerprint density at radius 1 is 1.38 bits per heavy atom. The molecule has 86 valence electrons. The van der Waals surface area contributed by atoms with Crippen LogP contribution in [0.1, 0.15) is 13.8 Å². The highest BCUT2D eigenvalue weighted by molar-refractivity contribution is 7.91. The van der Waals surface area contributed by atoms with E-state index in [1.807, 2.05) is 19.9 Å². The van der Waals surface area contributed by atoms with Crippen molar-refractivity contribution in [2.45, 2.75) is 18.9 Å². The largest absolute Gasteiger partial charge is 0.359 e. The average Bonchev–Trinajstić information content (AvgIpc) is 2.62. The van der Waals surface area contributed by atoms with E-state index in [2.05, 4.69) is 9.97 Å². The molecule has 2 aromatic heterocycles. The molecule has 16 heavy (non-hydrogen) atoms. The van der Waals surface area contributed by atoms with Crippen molar-refractivity contribution in [3.8, 4) is 0 Å². The van der Waals surface area contributed by atoms with Gasteiger partial charge in [-0.1, -0.05) is 13.8 Å². The molecular weight excluding hydrogens is 224 g/mol. The van der Waals surface area contributed by atoms with Gasteiger partial charge >= 0.3 is 0 Å². The van der Waals surface area contributed by atoms with Crippen LogP contribution in [0.2, 0.25) is 0 Å². The molecule has 5 heteroatoms. The van der Waals surface area contributed by atoms with Gasteiger partial charge in [0.25, 0.3) is 0 Å². The first-order valence-electron chi connectivity index (χ1n) is 5.15. The van der Waals surface area contributed by atoms with Crippen molar-refractivity contribution in [2.24, 2.45) is 5.92 Å². The predicted molar refractivity (Wildman–Crippen MR) is 63.0 cm³/mol. The summed E-state index contributed by atoms with van der Waals surface area (Å²) >= 11 is 0. The highest BCUT2D eigenvalue weighted by Gasteiger charge is 2.21. The summed E-state index contributed by atoms with van der Waals surface area (Å²) in [6.45, 7) is 3.76. The number of sulfone groups is 1. The zero-order chi connectivity index (χ0) is 11.8. The summed E-state index contributed by atoms with van der Waals surface area (Å²) in [5, 5.41) is 1.03. The third-order valence-corrected chi connectivity index (χ3v) is 4.29. The second-order valence-electron chi connectivity index (χ2n) is 4.23. The highest BCUT2D eigenvalue weighted by Crippen LogP contribution is 2.21. The normalized spacial score (nSPS) is 12.4. The zero-order valence-corrected chi connectivity index (χ0v) is 10.1. The molecule has 0 radical (unpaired) electrons. The van der Waals surface area contributed by atoms with Gasteiger partial charge in [0.05, 0.1) is 11.3 Å². The molecule has 2 rings (SSSR count). The summed E-state index contributed by atoms with van der Waals surface area (Å²) in [6, 6.07) is 3.63. The zero-order valence-electron chi connectivity index (χ0n) is 9.27. The van der Waals surface area contributed by atoms with Crippen molar-refractivity contribution in [1.29, 1.82) is 0 Å². The van der Waals surface area contributed by atoms with Crippen molar-refractivity contribution in [3.63, 3.8) is 0 Å². The first kappa shape index (κ1) is 11.1. The lowest BCUT2D eigenvalue weighted by molar-refractivity contribution is 0.580. The van der Waals surface area contributed by atoms with Gasteiger partial charge in [0.1, 0.15) is 0 Å². The highest BCUT2D eigenvalue weighted by atomic mass is 32.2. The van der Waals surface area contributed by atoms with Gasteiger partial charge in [0.2, 0.25) is 0 Å². The first-order chi connectivity index (χ1) is 7.50. The fraction of sp³-hybridized carbons (Fsp3) is 0.364. The second kappa shape index (κ2) is 3.90. The van der Waals surface area contributed by atoms with Crippen LogP contribution in [0.4, 0.5) is 0 Å². The minimum Gasteiger partial charge on any atom is -0.359 e. The van der Waals surface area contributed by atoms with Gasteiger partial charge < -0.3 is 4.98 Å². The average molecular weight is 238 g/mol. The van der Waals surface area contributed by atoms with Crippen LogP contribution in [0.3, 0.4) is 0 Å². The second-order valence-corrected chi connectivity index (χ2v) is 6.18. The van der Waals surface area contributed by atoms with Gasteiger partial charge in [-0.05, 0) is 18.1 Å². The maximum absolute atomic E-state index is 12.1. The van der Waals surface area contributed by atoms with Gasteiger partial charge in [0.15, 0.2) is 14.9 Å². The number of nitrogens with zero attached hydrogens (tertiary/aromatic N) is 1. The quantitative estimate of drug-likeness (QED) is 0.889. The molecule has 0 aliphatic carbocycles. The molecule has 0 atom stereocenters. The summed E-state index contributed by atoms with van der Waals surface area (Å²) < 4.78 is 24.1. The molecule has 0 saturated carbocycles. The smallest absolute Gasteiger partial charge is 0.197 e. The Balaban J connectivity index is 2.59. The number of hydrogen-bond acceptors (Lipinski definition) is 3. The third kappa shape index (κ3) is 1.95. The Hall–Kier alpha value is -1.36. The lowest BCUT2D eigenvalue weighted by Crippen LogP contribution is -2.13. The van der Waals surface area contributed by atoms with Gasteiger partial charge in [-0.3, -0.25) is 0 Å². The molecule has 0 aliphatic rings. The molecule has 0 amide bonds. The number of hydrogen-bond donors (Lipinski definition) is 1. The van der Waals surface area contributed by atoms with Crippen molar-refractivity contribution >= 4 is 20.7 Å². The van der Waals surface area contributed by atoms with E-state index < -0.39 is 9.84 Å². The molecule has 0 fully saturated rings. The number of aromatic amines is 1. The van der Waals surface area contributed by atoms with Crippen molar-refractivity contribution in [2.75, 3.05) is 5.75 Å².